The molecule has 0 radical (unpaired) electrons. The molecule has 2 saturated heterocycles. The highest BCUT2D eigenvalue weighted by Crippen LogP contribution is 2.42. The van der Waals surface area contributed by atoms with Gasteiger partial charge in [0.2, 0.25) is 0 Å². The fourth-order valence-electron chi connectivity index (χ4n) is 2.45. The highest BCUT2D eigenvalue weighted by atomic mass is 32.2. The van der Waals surface area contributed by atoms with Crippen LogP contribution in [0, 0.1) is 0 Å². The summed E-state index contributed by atoms with van der Waals surface area (Å²) in [6, 6.07) is -0.172. The Morgan fingerprint density at radius 3 is 2.63 bits per heavy atom. The van der Waals surface area contributed by atoms with Gasteiger partial charge in [-0.05, 0) is 20.5 Å². The molecule has 2 fully saturated rings. The van der Waals surface area contributed by atoms with Crippen molar-refractivity contribution in [3.8, 4) is 0 Å². The molecule has 0 aromatic heterocycles. The number of hydrogen-bond donors (Lipinski definition) is 3. The number of halogens is 3. The third kappa shape index (κ3) is 2.86. The van der Waals surface area contributed by atoms with Crippen molar-refractivity contribution in [2.75, 3.05) is 14.1 Å². The highest BCUT2D eigenvalue weighted by molar-refractivity contribution is 8.00. The van der Waals surface area contributed by atoms with Crippen molar-refractivity contribution < 1.29 is 28.1 Å². The Balaban J connectivity index is 2.09. The summed E-state index contributed by atoms with van der Waals surface area (Å²) in [5, 5.41) is 22.0. The SMILES string of the molecule is CNC1S[C@H]2O[C@H](C(O)C(F)(F)F)[C@@H](O)C[C@H]2N1C. The Morgan fingerprint density at radius 2 is 2.11 bits per heavy atom. The molecule has 0 bridgehead atoms. The van der Waals surface area contributed by atoms with Gasteiger partial charge in [-0.1, -0.05) is 11.8 Å². The number of aliphatic hydroxyl groups is 2. The molecular formula is C10H17F3N2O3S. The molecule has 5 nitrogen and oxygen atoms in total. The Bertz CT molecular complexity index is 334. The number of thioether (sulfide) groups is 1. The largest absolute Gasteiger partial charge is 0.417 e. The van der Waals surface area contributed by atoms with Crippen LogP contribution in [0.4, 0.5) is 13.2 Å². The Hall–Kier alpha value is -0.0600. The van der Waals surface area contributed by atoms with Gasteiger partial charge in [0.25, 0.3) is 0 Å². The third-order valence-corrected chi connectivity index (χ3v) is 5.04. The lowest BCUT2D eigenvalue weighted by atomic mass is 9.97. The minimum absolute atomic E-state index is 0.0796. The molecule has 3 N–H and O–H groups in total. The number of likely N-dealkylation sites (N-methyl/N-ethyl adjacent to an activating group) is 1. The molecule has 2 aliphatic rings. The molecule has 0 amide bonds. The van der Waals surface area contributed by atoms with Crippen LogP contribution in [0.3, 0.4) is 0 Å². The maximum Gasteiger partial charge on any atom is 0.417 e. The van der Waals surface area contributed by atoms with Gasteiger partial charge in [0.15, 0.2) is 6.10 Å². The van der Waals surface area contributed by atoms with E-state index in [4.69, 9.17) is 4.74 Å². The van der Waals surface area contributed by atoms with Crippen LogP contribution >= 0.6 is 11.8 Å². The number of aliphatic hydroxyl groups excluding tert-OH is 2. The quantitative estimate of drug-likeness (QED) is 0.664. The zero-order valence-corrected chi connectivity index (χ0v) is 11.3. The van der Waals surface area contributed by atoms with E-state index in [9.17, 15) is 23.4 Å². The molecule has 0 aromatic rings. The van der Waals surface area contributed by atoms with Gasteiger partial charge in [-0.3, -0.25) is 10.2 Å². The van der Waals surface area contributed by atoms with Crippen LogP contribution < -0.4 is 5.32 Å². The summed E-state index contributed by atoms with van der Waals surface area (Å²) in [5.74, 6) is 0. The van der Waals surface area contributed by atoms with Crippen LogP contribution in [-0.2, 0) is 4.74 Å². The number of rotatable bonds is 2. The Labute approximate surface area is 113 Å². The minimum Gasteiger partial charge on any atom is -0.390 e. The lowest BCUT2D eigenvalue weighted by Crippen LogP contribution is -2.56. The molecule has 2 rings (SSSR count). The molecule has 2 unspecified atom stereocenters. The van der Waals surface area contributed by atoms with E-state index >= 15 is 0 Å². The first-order valence-electron chi connectivity index (χ1n) is 5.88. The van der Waals surface area contributed by atoms with Crippen molar-refractivity contribution >= 4 is 11.8 Å². The zero-order chi connectivity index (χ0) is 14.4. The molecule has 2 heterocycles. The lowest BCUT2D eigenvalue weighted by molar-refractivity contribution is -0.263. The summed E-state index contributed by atoms with van der Waals surface area (Å²) >= 11 is 1.34. The fraction of sp³-hybridized carbons (Fsp3) is 1.00. The summed E-state index contributed by atoms with van der Waals surface area (Å²) in [5.41, 5.74) is -0.572. The normalized spacial score (nSPS) is 42.2. The molecule has 9 heteroatoms. The Kier molecular flexibility index (Phi) is 4.34. The highest BCUT2D eigenvalue weighted by Gasteiger charge is 2.54. The van der Waals surface area contributed by atoms with E-state index in [0.29, 0.717) is 0 Å². The minimum atomic E-state index is -4.80. The topological polar surface area (TPSA) is 65.0 Å². The Morgan fingerprint density at radius 1 is 1.47 bits per heavy atom. The number of fused-ring (bicyclic) bond motifs is 1. The number of nitrogens with zero attached hydrogens (tertiary/aromatic N) is 1. The van der Waals surface area contributed by atoms with Crippen molar-refractivity contribution in [3.05, 3.63) is 0 Å². The summed E-state index contributed by atoms with van der Waals surface area (Å²) in [6.45, 7) is 0. The summed E-state index contributed by atoms with van der Waals surface area (Å²) in [6.07, 6.45) is -10.3. The second-order valence-electron chi connectivity index (χ2n) is 4.77. The van der Waals surface area contributed by atoms with Gasteiger partial charge in [0.1, 0.15) is 17.0 Å². The smallest absolute Gasteiger partial charge is 0.390 e. The number of ether oxygens (including phenoxy) is 1. The lowest BCUT2D eigenvalue weighted by Gasteiger charge is -2.39. The molecule has 112 valence electrons. The monoisotopic (exact) mass is 302 g/mol. The maximum absolute atomic E-state index is 12.5. The van der Waals surface area contributed by atoms with Crippen molar-refractivity contribution in [3.63, 3.8) is 0 Å². The van der Waals surface area contributed by atoms with Crippen LogP contribution in [-0.4, -0.2) is 70.7 Å². The van der Waals surface area contributed by atoms with E-state index in [0.717, 1.165) is 0 Å². The summed E-state index contributed by atoms with van der Waals surface area (Å²) < 4.78 is 42.8. The van der Waals surface area contributed by atoms with E-state index in [1.807, 2.05) is 11.9 Å². The van der Waals surface area contributed by atoms with E-state index in [-0.39, 0.29) is 18.0 Å². The second-order valence-corrected chi connectivity index (χ2v) is 5.95. The van der Waals surface area contributed by atoms with Crippen molar-refractivity contribution in [1.82, 2.24) is 10.2 Å². The van der Waals surface area contributed by atoms with Crippen molar-refractivity contribution in [2.24, 2.45) is 0 Å². The van der Waals surface area contributed by atoms with Crippen LogP contribution in [0.5, 0.6) is 0 Å². The second kappa shape index (κ2) is 5.38. The predicted molar refractivity (Wildman–Crippen MR) is 63.3 cm³/mol. The molecule has 0 aromatic carbocycles. The fourth-order valence-corrected chi connectivity index (χ4v) is 3.87. The molecular weight excluding hydrogens is 285 g/mol. The predicted octanol–water partition coefficient (Wildman–Crippen LogP) is -0.0643. The zero-order valence-electron chi connectivity index (χ0n) is 10.5. The maximum atomic E-state index is 12.5. The van der Waals surface area contributed by atoms with E-state index in [1.165, 1.54) is 11.8 Å². The van der Waals surface area contributed by atoms with E-state index < -0.39 is 29.9 Å². The van der Waals surface area contributed by atoms with Crippen LogP contribution in [0.1, 0.15) is 6.42 Å². The van der Waals surface area contributed by atoms with Crippen LogP contribution in [0.25, 0.3) is 0 Å². The van der Waals surface area contributed by atoms with Gasteiger partial charge < -0.3 is 14.9 Å². The molecule has 0 saturated carbocycles. The standard InChI is InChI=1S/C10H17F3N2O3S/c1-14-9-15(2)4-3-5(16)6(18-8(4)19-9)7(17)10(11,12)13/h4-9,14,16-17H,3H2,1-2H3/t4-,5+,6+,7?,8-,9?/m1/s1. The molecule has 19 heavy (non-hydrogen) atoms. The number of alkyl halides is 3. The third-order valence-electron chi connectivity index (χ3n) is 3.52. The van der Waals surface area contributed by atoms with Gasteiger partial charge in [0.05, 0.1) is 6.10 Å². The van der Waals surface area contributed by atoms with Gasteiger partial charge in [-0.2, -0.15) is 13.2 Å². The van der Waals surface area contributed by atoms with Gasteiger partial charge in [0, 0.05) is 6.04 Å². The van der Waals surface area contributed by atoms with E-state index in [1.54, 1.807) is 7.05 Å². The summed E-state index contributed by atoms with van der Waals surface area (Å²) in [4.78, 5) is 1.91. The summed E-state index contributed by atoms with van der Waals surface area (Å²) in [7, 11) is 3.55. The van der Waals surface area contributed by atoms with Crippen molar-refractivity contribution in [1.29, 1.82) is 0 Å². The van der Waals surface area contributed by atoms with Crippen LogP contribution in [0.15, 0.2) is 0 Å². The first-order valence-corrected chi connectivity index (χ1v) is 6.83. The average molecular weight is 302 g/mol. The first kappa shape index (κ1) is 15.3. The molecule has 0 aliphatic carbocycles. The van der Waals surface area contributed by atoms with Gasteiger partial charge >= 0.3 is 6.18 Å². The van der Waals surface area contributed by atoms with Crippen LogP contribution in [0.2, 0.25) is 0 Å². The molecule has 0 spiro atoms. The number of hydrogen-bond acceptors (Lipinski definition) is 6. The molecule has 6 atom stereocenters. The first-order chi connectivity index (χ1) is 8.75. The van der Waals surface area contributed by atoms with Gasteiger partial charge in [-0.15, -0.1) is 0 Å². The number of nitrogens with one attached hydrogen (secondary N) is 1. The van der Waals surface area contributed by atoms with E-state index in [2.05, 4.69) is 5.32 Å². The molecule has 2 aliphatic heterocycles. The van der Waals surface area contributed by atoms with Gasteiger partial charge in [-0.25, -0.2) is 0 Å². The van der Waals surface area contributed by atoms with Crippen molar-refractivity contribution in [2.45, 2.75) is 47.9 Å². The average Bonchev–Trinajstić information content (AvgIpc) is 2.63.